The van der Waals surface area contributed by atoms with Gasteiger partial charge in [-0.3, -0.25) is 4.99 Å². The van der Waals surface area contributed by atoms with Crippen LogP contribution in [0.5, 0.6) is 0 Å². The van der Waals surface area contributed by atoms with Crippen molar-refractivity contribution in [1.29, 1.82) is 0 Å². The summed E-state index contributed by atoms with van der Waals surface area (Å²) in [6.45, 7) is 0.957. The Morgan fingerprint density at radius 3 is 2.78 bits per heavy atom. The molecule has 1 aromatic carbocycles. The van der Waals surface area contributed by atoms with Crippen molar-refractivity contribution in [3.8, 4) is 0 Å². The summed E-state index contributed by atoms with van der Waals surface area (Å²) >= 11 is 1.80. The first kappa shape index (κ1) is 10.5. The maximum atomic E-state index is 4.88. The predicted octanol–water partition coefficient (Wildman–Crippen LogP) is 3.83. The molecule has 0 amide bonds. The molecule has 0 bridgehead atoms. The van der Waals surface area contributed by atoms with Gasteiger partial charge in [0.2, 0.25) is 0 Å². The highest BCUT2D eigenvalue weighted by molar-refractivity contribution is 7.08. The molecule has 2 heteroatoms. The van der Waals surface area contributed by atoms with Gasteiger partial charge >= 0.3 is 0 Å². The second-order valence-corrected chi connectivity index (χ2v) is 6.01. The monoisotopic (exact) mass is 253 g/mol. The molecule has 2 aromatic rings. The van der Waals surface area contributed by atoms with Crippen LogP contribution in [0, 0.1) is 0 Å². The van der Waals surface area contributed by atoms with Crippen LogP contribution in [0.15, 0.2) is 46.1 Å². The van der Waals surface area contributed by atoms with Gasteiger partial charge in [0.1, 0.15) is 0 Å². The van der Waals surface area contributed by atoms with Crippen LogP contribution in [0.1, 0.15) is 29.5 Å². The van der Waals surface area contributed by atoms with E-state index in [4.69, 9.17) is 4.99 Å². The summed E-state index contributed by atoms with van der Waals surface area (Å²) in [6.07, 6.45) is 3.62. The fourth-order valence-electron chi connectivity index (χ4n) is 3.08. The summed E-state index contributed by atoms with van der Waals surface area (Å²) in [6, 6.07) is 11.1. The predicted molar refractivity (Wildman–Crippen MR) is 76.8 cm³/mol. The molecule has 1 aromatic heterocycles. The van der Waals surface area contributed by atoms with E-state index in [-0.39, 0.29) is 5.41 Å². The van der Waals surface area contributed by atoms with Crippen LogP contribution in [0.4, 0.5) is 0 Å². The minimum Gasteiger partial charge on any atom is -0.288 e. The molecule has 0 atom stereocenters. The van der Waals surface area contributed by atoms with Crippen molar-refractivity contribution in [2.24, 2.45) is 4.99 Å². The number of rotatable bonds is 2. The van der Waals surface area contributed by atoms with Gasteiger partial charge in [0.05, 0.1) is 5.71 Å². The lowest BCUT2D eigenvalue weighted by molar-refractivity contribution is 0.875. The number of fused-ring (bicyclic) bond motifs is 1. The molecule has 2 aliphatic rings. The van der Waals surface area contributed by atoms with Crippen molar-refractivity contribution in [2.45, 2.75) is 24.7 Å². The van der Waals surface area contributed by atoms with Crippen molar-refractivity contribution < 1.29 is 0 Å². The SMILES string of the molecule is c1ccc2c(c1)CCN=C2C1(c2ccsc2)CC1. The maximum absolute atomic E-state index is 4.88. The standard InChI is InChI=1S/C16H15NS/c1-2-4-14-12(3-1)5-9-17-15(14)16(7-8-16)13-6-10-18-11-13/h1-4,6,10-11H,5,7-9H2. The lowest BCUT2D eigenvalue weighted by atomic mass is 9.84. The van der Waals surface area contributed by atoms with E-state index < -0.39 is 0 Å². The average Bonchev–Trinajstić information content (AvgIpc) is 3.04. The summed E-state index contributed by atoms with van der Waals surface area (Å²) < 4.78 is 0. The van der Waals surface area contributed by atoms with Crippen LogP contribution < -0.4 is 0 Å². The summed E-state index contributed by atoms with van der Waals surface area (Å²) in [5, 5.41) is 4.48. The third-order valence-corrected chi connectivity index (χ3v) is 4.88. The smallest absolute Gasteiger partial charge is 0.0529 e. The lowest BCUT2D eigenvalue weighted by Crippen LogP contribution is -2.26. The molecule has 1 aliphatic carbocycles. The van der Waals surface area contributed by atoms with E-state index in [1.807, 2.05) is 0 Å². The first-order valence-electron chi connectivity index (χ1n) is 6.56. The molecule has 1 fully saturated rings. The fraction of sp³-hybridized carbons (Fsp3) is 0.312. The first-order chi connectivity index (χ1) is 8.90. The lowest BCUT2D eigenvalue weighted by Gasteiger charge is -2.23. The molecule has 0 unspecified atom stereocenters. The van der Waals surface area contributed by atoms with E-state index in [1.54, 1.807) is 11.3 Å². The third kappa shape index (κ3) is 1.42. The van der Waals surface area contributed by atoms with Crippen molar-refractivity contribution in [1.82, 2.24) is 0 Å². The number of benzene rings is 1. The van der Waals surface area contributed by atoms with Gasteiger partial charge in [0.25, 0.3) is 0 Å². The topological polar surface area (TPSA) is 12.4 Å². The number of thiophene rings is 1. The number of hydrogen-bond acceptors (Lipinski definition) is 2. The Morgan fingerprint density at radius 2 is 2.00 bits per heavy atom. The summed E-state index contributed by atoms with van der Waals surface area (Å²) in [5.74, 6) is 0. The summed E-state index contributed by atoms with van der Waals surface area (Å²) in [4.78, 5) is 4.88. The number of nitrogens with zero attached hydrogens (tertiary/aromatic N) is 1. The van der Waals surface area contributed by atoms with Gasteiger partial charge in [-0.2, -0.15) is 11.3 Å². The molecule has 1 aliphatic heterocycles. The van der Waals surface area contributed by atoms with E-state index in [9.17, 15) is 0 Å². The molecule has 4 rings (SSSR count). The largest absolute Gasteiger partial charge is 0.288 e. The van der Waals surface area contributed by atoms with E-state index >= 15 is 0 Å². The van der Waals surface area contributed by atoms with Gasteiger partial charge < -0.3 is 0 Å². The zero-order chi connectivity index (χ0) is 12.0. The Bertz CT molecular complexity index is 606. The minimum absolute atomic E-state index is 0.247. The van der Waals surface area contributed by atoms with Crippen molar-refractivity contribution in [3.63, 3.8) is 0 Å². The number of aliphatic imine (C=N–C) groups is 1. The zero-order valence-electron chi connectivity index (χ0n) is 10.2. The Morgan fingerprint density at radius 1 is 1.11 bits per heavy atom. The van der Waals surface area contributed by atoms with Crippen molar-refractivity contribution in [2.75, 3.05) is 6.54 Å². The Kier molecular flexibility index (Phi) is 2.21. The van der Waals surface area contributed by atoms with Crippen LogP contribution in [0.25, 0.3) is 0 Å². The molecule has 0 N–H and O–H groups in total. The quantitative estimate of drug-likeness (QED) is 0.771. The van der Waals surface area contributed by atoms with Gasteiger partial charge in [-0.05, 0) is 52.8 Å². The van der Waals surface area contributed by atoms with Crippen LogP contribution in [-0.4, -0.2) is 12.3 Å². The summed E-state index contributed by atoms with van der Waals surface area (Å²) in [7, 11) is 0. The highest BCUT2D eigenvalue weighted by Crippen LogP contribution is 2.52. The van der Waals surface area contributed by atoms with E-state index in [0.717, 1.165) is 13.0 Å². The van der Waals surface area contributed by atoms with Gasteiger partial charge in [-0.1, -0.05) is 24.3 Å². The zero-order valence-corrected chi connectivity index (χ0v) is 11.0. The van der Waals surface area contributed by atoms with Crippen LogP contribution in [0.2, 0.25) is 0 Å². The van der Waals surface area contributed by atoms with Crippen LogP contribution >= 0.6 is 11.3 Å². The third-order valence-electron chi connectivity index (χ3n) is 4.20. The van der Waals surface area contributed by atoms with Gasteiger partial charge in [-0.25, -0.2) is 0 Å². The fourth-order valence-corrected chi connectivity index (χ4v) is 3.83. The van der Waals surface area contributed by atoms with E-state index in [2.05, 4.69) is 41.1 Å². The van der Waals surface area contributed by atoms with Gasteiger partial charge in [0.15, 0.2) is 0 Å². The first-order valence-corrected chi connectivity index (χ1v) is 7.50. The maximum Gasteiger partial charge on any atom is 0.0529 e. The van der Waals surface area contributed by atoms with E-state index in [1.165, 1.54) is 35.2 Å². The molecule has 18 heavy (non-hydrogen) atoms. The van der Waals surface area contributed by atoms with E-state index in [0.29, 0.717) is 0 Å². The molecular formula is C16H15NS. The average molecular weight is 253 g/mol. The molecule has 1 nitrogen and oxygen atoms in total. The minimum atomic E-state index is 0.247. The Labute approximate surface area is 111 Å². The normalized spacial score (nSPS) is 20.1. The van der Waals surface area contributed by atoms with Crippen molar-refractivity contribution >= 4 is 17.0 Å². The summed E-state index contributed by atoms with van der Waals surface area (Å²) in [5.41, 5.74) is 5.94. The molecule has 2 heterocycles. The Hall–Kier alpha value is -1.41. The highest BCUT2D eigenvalue weighted by atomic mass is 32.1. The molecule has 0 saturated heterocycles. The molecule has 90 valence electrons. The molecule has 0 spiro atoms. The van der Waals surface area contributed by atoms with Crippen LogP contribution in [0.3, 0.4) is 0 Å². The van der Waals surface area contributed by atoms with Gasteiger partial charge in [0, 0.05) is 12.0 Å². The van der Waals surface area contributed by atoms with Crippen LogP contribution in [-0.2, 0) is 11.8 Å². The second-order valence-electron chi connectivity index (χ2n) is 5.23. The molecule has 0 radical (unpaired) electrons. The van der Waals surface area contributed by atoms with Crippen molar-refractivity contribution in [3.05, 3.63) is 57.8 Å². The highest BCUT2D eigenvalue weighted by Gasteiger charge is 2.50. The Balaban J connectivity index is 1.85. The second kappa shape index (κ2) is 3.79. The number of hydrogen-bond donors (Lipinski definition) is 0. The molecular weight excluding hydrogens is 238 g/mol. The van der Waals surface area contributed by atoms with Gasteiger partial charge in [-0.15, -0.1) is 0 Å². The molecule has 1 saturated carbocycles.